The molecule has 0 bridgehead atoms. The number of halogens is 2. The van der Waals surface area contributed by atoms with Gasteiger partial charge in [0.25, 0.3) is 0 Å². The second-order valence-corrected chi connectivity index (χ2v) is 6.43. The monoisotopic (exact) mass is 343 g/mol. The van der Waals surface area contributed by atoms with Crippen LogP contribution in [-0.2, 0) is 13.1 Å². The molecular formula is C19H19ClFN3. The van der Waals surface area contributed by atoms with Crippen LogP contribution in [0, 0.1) is 17.1 Å². The van der Waals surface area contributed by atoms with Crippen LogP contribution in [0.1, 0.15) is 16.7 Å². The Bertz CT molecular complexity index is 728. The number of nitrogens with zero attached hydrogens (tertiary/aromatic N) is 3. The van der Waals surface area contributed by atoms with E-state index >= 15 is 0 Å². The molecule has 0 amide bonds. The zero-order valence-corrected chi connectivity index (χ0v) is 14.1. The van der Waals surface area contributed by atoms with E-state index in [1.165, 1.54) is 6.07 Å². The maximum absolute atomic E-state index is 13.9. The van der Waals surface area contributed by atoms with Gasteiger partial charge in [0.05, 0.1) is 11.6 Å². The van der Waals surface area contributed by atoms with Crippen molar-refractivity contribution in [3.8, 4) is 6.07 Å². The van der Waals surface area contributed by atoms with Crippen molar-refractivity contribution in [1.82, 2.24) is 9.80 Å². The zero-order valence-electron chi connectivity index (χ0n) is 13.4. The first-order valence-electron chi connectivity index (χ1n) is 8.03. The summed E-state index contributed by atoms with van der Waals surface area (Å²) in [5, 5.41) is 9.67. The summed E-state index contributed by atoms with van der Waals surface area (Å²) in [5.74, 6) is -0.243. The van der Waals surface area contributed by atoms with Crippen molar-refractivity contribution in [2.45, 2.75) is 13.1 Å². The highest BCUT2D eigenvalue weighted by molar-refractivity contribution is 6.31. The fraction of sp³-hybridized carbons (Fsp3) is 0.316. The minimum Gasteiger partial charge on any atom is -0.296 e. The summed E-state index contributed by atoms with van der Waals surface area (Å²) in [6.45, 7) is 4.82. The fourth-order valence-electron chi connectivity index (χ4n) is 3.02. The molecule has 0 saturated carbocycles. The van der Waals surface area contributed by atoms with Gasteiger partial charge < -0.3 is 0 Å². The molecular weight excluding hydrogens is 325 g/mol. The van der Waals surface area contributed by atoms with Crippen LogP contribution in [0.2, 0.25) is 5.02 Å². The van der Waals surface area contributed by atoms with E-state index in [1.54, 1.807) is 12.1 Å². The first-order chi connectivity index (χ1) is 11.7. The minimum absolute atomic E-state index is 0.243. The van der Waals surface area contributed by atoms with Crippen LogP contribution in [0.5, 0.6) is 0 Å². The third-order valence-electron chi connectivity index (χ3n) is 4.44. The second-order valence-electron chi connectivity index (χ2n) is 6.02. The molecule has 0 radical (unpaired) electrons. The molecule has 3 rings (SSSR count). The van der Waals surface area contributed by atoms with Crippen molar-refractivity contribution in [3.05, 3.63) is 70.0 Å². The van der Waals surface area contributed by atoms with E-state index < -0.39 is 0 Å². The standard InChI is InChI=1S/C19H19ClFN3/c20-18-6-3-7-19(21)17(18)14-24-10-8-23(9-11-24)13-16-5-2-1-4-15(16)12-22/h1-7H,8-11,13-14H2. The molecule has 0 N–H and O–H groups in total. The molecule has 2 aromatic rings. The molecule has 2 aromatic carbocycles. The number of nitriles is 1. The van der Waals surface area contributed by atoms with Crippen LogP contribution in [0.25, 0.3) is 0 Å². The van der Waals surface area contributed by atoms with Crippen LogP contribution >= 0.6 is 11.6 Å². The van der Waals surface area contributed by atoms with Gasteiger partial charge in [-0.1, -0.05) is 35.9 Å². The lowest BCUT2D eigenvalue weighted by Gasteiger charge is -2.35. The highest BCUT2D eigenvalue weighted by Gasteiger charge is 2.20. The molecule has 0 aromatic heterocycles. The molecule has 0 unspecified atom stereocenters. The first kappa shape index (κ1) is 16.9. The Balaban J connectivity index is 1.57. The molecule has 1 aliphatic heterocycles. The molecule has 124 valence electrons. The van der Waals surface area contributed by atoms with Crippen LogP contribution in [0.15, 0.2) is 42.5 Å². The van der Waals surface area contributed by atoms with Gasteiger partial charge in [-0.3, -0.25) is 9.80 Å². The maximum Gasteiger partial charge on any atom is 0.129 e. The number of hydrogen-bond acceptors (Lipinski definition) is 3. The van der Waals surface area contributed by atoms with Crippen molar-refractivity contribution >= 4 is 11.6 Å². The number of hydrogen-bond donors (Lipinski definition) is 0. The molecule has 24 heavy (non-hydrogen) atoms. The van der Waals surface area contributed by atoms with Crippen molar-refractivity contribution in [1.29, 1.82) is 5.26 Å². The molecule has 1 heterocycles. The molecule has 0 atom stereocenters. The quantitative estimate of drug-likeness (QED) is 0.848. The van der Waals surface area contributed by atoms with Gasteiger partial charge >= 0.3 is 0 Å². The van der Waals surface area contributed by atoms with Crippen LogP contribution in [0.3, 0.4) is 0 Å². The second kappa shape index (κ2) is 7.76. The molecule has 0 aliphatic carbocycles. The van der Waals surface area contributed by atoms with E-state index in [4.69, 9.17) is 11.6 Å². The fourth-order valence-corrected chi connectivity index (χ4v) is 3.24. The Morgan fingerprint density at radius 2 is 1.62 bits per heavy atom. The molecule has 3 nitrogen and oxygen atoms in total. The predicted octanol–water partition coefficient (Wildman–Crippen LogP) is 3.67. The average Bonchev–Trinajstić information content (AvgIpc) is 2.60. The van der Waals surface area contributed by atoms with Gasteiger partial charge in [-0.25, -0.2) is 4.39 Å². The van der Waals surface area contributed by atoms with Crippen molar-refractivity contribution in [2.75, 3.05) is 26.2 Å². The van der Waals surface area contributed by atoms with Crippen LogP contribution in [-0.4, -0.2) is 36.0 Å². The molecule has 0 spiro atoms. The van der Waals surface area contributed by atoms with Gasteiger partial charge in [0.15, 0.2) is 0 Å². The highest BCUT2D eigenvalue weighted by atomic mass is 35.5. The van der Waals surface area contributed by atoms with Crippen molar-refractivity contribution < 1.29 is 4.39 Å². The summed E-state index contributed by atoms with van der Waals surface area (Å²) < 4.78 is 13.9. The maximum atomic E-state index is 13.9. The lowest BCUT2D eigenvalue weighted by Crippen LogP contribution is -2.45. The third-order valence-corrected chi connectivity index (χ3v) is 4.79. The van der Waals surface area contributed by atoms with Gasteiger partial charge in [-0.2, -0.15) is 5.26 Å². The van der Waals surface area contributed by atoms with Crippen LogP contribution in [0.4, 0.5) is 4.39 Å². The van der Waals surface area contributed by atoms with E-state index in [2.05, 4.69) is 15.9 Å². The summed E-state index contributed by atoms with van der Waals surface area (Å²) in [4.78, 5) is 4.55. The van der Waals surface area contributed by atoms with Gasteiger partial charge in [0, 0.05) is 49.9 Å². The van der Waals surface area contributed by atoms with Crippen molar-refractivity contribution in [3.63, 3.8) is 0 Å². The largest absolute Gasteiger partial charge is 0.296 e. The lowest BCUT2D eigenvalue weighted by atomic mass is 10.1. The zero-order chi connectivity index (χ0) is 16.9. The number of piperazine rings is 1. The van der Waals surface area contributed by atoms with E-state index in [0.717, 1.165) is 43.9 Å². The Kier molecular flexibility index (Phi) is 5.47. The molecule has 1 saturated heterocycles. The summed E-state index contributed by atoms with van der Waals surface area (Å²) in [5.41, 5.74) is 2.37. The van der Waals surface area contributed by atoms with Gasteiger partial charge in [-0.05, 0) is 23.8 Å². The number of rotatable bonds is 4. The van der Waals surface area contributed by atoms with Gasteiger partial charge in [0.1, 0.15) is 5.82 Å². The predicted molar refractivity (Wildman–Crippen MR) is 93.1 cm³/mol. The minimum atomic E-state index is -0.243. The molecule has 1 aliphatic rings. The van der Waals surface area contributed by atoms with E-state index in [0.29, 0.717) is 17.1 Å². The van der Waals surface area contributed by atoms with E-state index in [9.17, 15) is 9.65 Å². The SMILES string of the molecule is N#Cc1ccccc1CN1CCN(Cc2c(F)cccc2Cl)CC1. The van der Waals surface area contributed by atoms with E-state index in [-0.39, 0.29) is 5.82 Å². The third kappa shape index (κ3) is 3.93. The smallest absolute Gasteiger partial charge is 0.129 e. The Morgan fingerprint density at radius 3 is 2.29 bits per heavy atom. The molecule has 5 heteroatoms. The Labute approximate surface area is 146 Å². The van der Waals surface area contributed by atoms with Crippen molar-refractivity contribution in [2.24, 2.45) is 0 Å². The summed E-state index contributed by atoms with van der Waals surface area (Å²) in [7, 11) is 0. The molecule has 1 fully saturated rings. The van der Waals surface area contributed by atoms with E-state index in [1.807, 2.05) is 24.3 Å². The topological polar surface area (TPSA) is 30.3 Å². The number of benzene rings is 2. The lowest BCUT2D eigenvalue weighted by molar-refractivity contribution is 0.121. The summed E-state index contributed by atoms with van der Waals surface area (Å²) in [6, 6.07) is 14.8. The summed E-state index contributed by atoms with van der Waals surface area (Å²) >= 11 is 6.11. The Morgan fingerprint density at radius 1 is 0.958 bits per heavy atom. The first-order valence-corrected chi connectivity index (χ1v) is 8.41. The van der Waals surface area contributed by atoms with Gasteiger partial charge in [-0.15, -0.1) is 0 Å². The highest BCUT2D eigenvalue weighted by Crippen LogP contribution is 2.21. The van der Waals surface area contributed by atoms with Crippen LogP contribution < -0.4 is 0 Å². The summed E-state index contributed by atoms with van der Waals surface area (Å²) in [6.07, 6.45) is 0. The Hall–Kier alpha value is -1.93. The normalized spacial score (nSPS) is 16.0. The average molecular weight is 344 g/mol. The van der Waals surface area contributed by atoms with Gasteiger partial charge in [0.2, 0.25) is 0 Å².